The highest BCUT2D eigenvalue weighted by Crippen LogP contribution is 2.32. The minimum atomic E-state index is -0.577. The molecule has 0 unspecified atom stereocenters. The van der Waals surface area contributed by atoms with Crippen LogP contribution in [-0.4, -0.2) is 18.5 Å². The van der Waals surface area contributed by atoms with Crippen LogP contribution < -0.4 is 5.73 Å². The Morgan fingerprint density at radius 3 is 2.50 bits per heavy atom. The van der Waals surface area contributed by atoms with E-state index in [9.17, 15) is 14.9 Å². The average molecular weight is 372 g/mol. The van der Waals surface area contributed by atoms with E-state index in [1.54, 1.807) is 6.92 Å². The fourth-order valence-electron chi connectivity index (χ4n) is 2.57. The minimum Gasteiger partial charge on any atom is -0.462 e. The number of benzene rings is 1. The molecule has 0 aliphatic rings. The molecule has 0 bridgehead atoms. The standard InChI is InChI=1S/C19H20N2O4S/c1-3-13(12-8-6-5-7-9-12)18(22)25-11-15-14(10-20)17(21)26-16(15)19(23)24-4-2/h5-9,13H,3-4,11,21H2,1-2H3/t13-/m1/s1. The third kappa shape index (κ3) is 4.21. The monoisotopic (exact) mass is 372 g/mol. The second-order valence-electron chi connectivity index (χ2n) is 5.46. The molecule has 2 N–H and O–H groups in total. The van der Waals surface area contributed by atoms with E-state index in [1.165, 1.54) is 0 Å². The molecule has 6 nitrogen and oxygen atoms in total. The van der Waals surface area contributed by atoms with Crippen molar-refractivity contribution in [2.24, 2.45) is 0 Å². The molecule has 0 spiro atoms. The predicted molar refractivity (Wildman–Crippen MR) is 98.7 cm³/mol. The summed E-state index contributed by atoms with van der Waals surface area (Å²) in [5.74, 6) is -1.40. The van der Waals surface area contributed by atoms with Gasteiger partial charge in [-0.2, -0.15) is 5.26 Å². The molecule has 0 fully saturated rings. The van der Waals surface area contributed by atoms with Crippen LogP contribution in [0, 0.1) is 11.3 Å². The molecule has 0 radical (unpaired) electrons. The van der Waals surface area contributed by atoms with Crippen LogP contribution >= 0.6 is 11.3 Å². The Bertz CT molecular complexity index is 824. The van der Waals surface area contributed by atoms with Gasteiger partial charge in [0.2, 0.25) is 0 Å². The lowest BCUT2D eigenvalue weighted by molar-refractivity contribution is -0.146. The van der Waals surface area contributed by atoms with Crippen molar-refractivity contribution in [1.82, 2.24) is 0 Å². The largest absolute Gasteiger partial charge is 0.462 e. The number of hydrogen-bond donors (Lipinski definition) is 1. The van der Waals surface area contributed by atoms with Crippen LogP contribution in [0.3, 0.4) is 0 Å². The average Bonchev–Trinajstić information content (AvgIpc) is 2.97. The van der Waals surface area contributed by atoms with Crippen LogP contribution in [0.5, 0.6) is 0 Å². The molecule has 0 amide bonds. The Hall–Kier alpha value is -2.85. The molecule has 0 saturated heterocycles. The zero-order chi connectivity index (χ0) is 19.1. The van der Waals surface area contributed by atoms with E-state index in [2.05, 4.69) is 0 Å². The summed E-state index contributed by atoms with van der Waals surface area (Å²) < 4.78 is 10.4. The van der Waals surface area contributed by atoms with Gasteiger partial charge in [-0.3, -0.25) is 4.79 Å². The summed E-state index contributed by atoms with van der Waals surface area (Å²) >= 11 is 0.965. The summed E-state index contributed by atoms with van der Waals surface area (Å²) in [4.78, 5) is 24.8. The van der Waals surface area contributed by atoms with E-state index in [0.29, 0.717) is 12.0 Å². The summed E-state index contributed by atoms with van der Waals surface area (Å²) in [5.41, 5.74) is 7.12. The quantitative estimate of drug-likeness (QED) is 0.745. The lowest BCUT2D eigenvalue weighted by Crippen LogP contribution is -2.16. The third-order valence-corrected chi connectivity index (χ3v) is 4.90. The van der Waals surface area contributed by atoms with Crippen molar-refractivity contribution in [3.8, 4) is 6.07 Å². The lowest BCUT2D eigenvalue weighted by Gasteiger charge is -2.15. The van der Waals surface area contributed by atoms with E-state index < -0.39 is 17.9 Å². The van der Waals surface area contributed by atoms with Gasteiger partial charge in [-0.1, -0.05) is 37.3 Å². The highest BCUT2D eigenvalue weighted by atomic mass is 32.1. The lowest BCUT2D eigenvalue weighted by atomic mass is 9.97. The van der Waals surface area contributed by atoms with Gasteiger partial charge in [-0.25, -0.2) is 4.79 Å². The molecule has 1 aromatic carbocycles. The molecular formula is C19H20N2O4S. The second kappa shape index (κ2) is 9.02. The summed E-state index contributed by atoms with van der Waals surface area (Å²) in [6.45, 7) is 3.58. The van der Waals surface area contributed by atoms with Crippen molar-refractivity contribution < 1.29 is 19.1 Å². The number of nitrogen functional groups attached to an aromatic ring is 1. The number of nitriles is 1. The van der Waals surface area contributed by atoms with E-state index in [0.717, 1.165) is 16.9 Å². The Balaban J connectivity index is 2.21. The van der Waals surface area contributed by atoms with Crippen molar-refractivity contribution in [3.63, 3.8) is 0 Å². The maximum absolute atomic E-state index is 12.5. The van der Waals surface area contributed by atoms with E-state index in [-0.39, 0.29) is 28.7 Å². The Morgan fingerprint density at radius 2 is 1.92 bits per heavy atom. The first-order chi connectivity index (χ1) is 12.5. The third-order valence-electron chi connectivity index (χ3n) is 3.86. The fourth-order valence-corrected chi connectivity index (χ4v) is 3.49. The topological polar surface area (TPSA) is 102 Å². The zero-order valence-corrected chi connectivity index (χ0v) is 15.5. The molecule has 0 aliphatic heterocycles. The van der Waals surface area contributed by atoms with E-state index in [4.69, 9.17) is 15.2 Å². The number of nitrogens with two attached hydrogens (primary N) is 1. The summed E-state index contributed by atoms with van der Waals surface area (Å²) in [6, 6.07) is 11.3. The highest BCUT2D eigenvalue weighted by Gasteiger charge is 2.26. The molecule has 2 rings (SSSR count). The van der Waals surface area contributed by atoms with Crippen LogP contribution in [0.1, 0.15) is 52.5 Å². The Kier molecular flexibility index (Phi) is 6.75. The number of nitrogens with zero attached hydrogens (tertiary/aromatic N) is 1. The van der Waals surface area contributed by atoms with Gasteiger partial charge in [0.15, 0.2) is 0 Å². The SMILES string of the molecule is CCOC(=O)c1sc(N)c(C#N)c1COC(=O)[C@H](CC)c1ccccc1. The second-order valence-corrected chi connectivity index (χ2v) is 6.51. The van der Waals surface area contributed by atoms with Crippen LogP contribution in [0.4, 0.5) is 5.00 Å². The molecule has 0 saturated carbocycles. The summed E-state index contributed by atoms with van der Waals surface area (Å²) in [5, 5.41) is 9.51. The Labute approximate surface area is 156 Å². The molecule has 1 atom stereocenters. The van der Waals surface area contributed by atoms with Gasteiger partial charge < -0.3 is 15.2 Å². The van der Waals surface area contributed by atoms with Crippen molar-refractivity contribution in [2.75, 3.05) is 12.3 Å². The normalized spacial score (nSPS) is 11.4. The van der Waals surface area contributed by atoms with Gasteiger partial charge in [0.1, 0.15) is 22.6 Å². The van der Waals surface area contributed by atoms with Gasteiger partial charge in [-0.05, 0) is 18.9 Å². The van der Waals surface area contributed by atoms with Crippen LogP contribution in [0.2, 0.25) is 0 Å². The summed E-state index contributed by atoms with van der Waals surface area (Å²) in [7, 11) is 0. The fraction of sp³-hybridized carbons (Fsp3) is 0.316. The number of thiophene rings is 1. The Morgan fingerprint density at radius 1 is 1.23 bits per heavy atom. The number of rotatable bonds is 7. The first kappa shape index (κ1) is 19.5. The van der Waals surface area contributed by atoms with Gasteiger partial charge in [-0.15, -0.1) is 11.3 Å². The number of carbonyl (C=O) groups is 2. The summed E-state index contributed by atoms with van der Waals surface area (Å²) in [6.07, 6.45) is 0.574. The molecule has 7 heteroatoms. The van der Waals surface area contributed by atoms with Crippen molar-refractivity contribution in [1.29, 1.82) is 5.26 Å². The first-order valence-electron chi connectivity index (χ1n) is 8.23. The number of anilines is 1. The van der Waals surface area contributed by atoms with Gasteiger partial charge in [0, 0.05) is 5.56 Å². The molecular weight excluding hydrogens is 352 g/mol. The molecule has 26 heavy (non-hydrogen) atoms. The number of carbonyl (C=O) groups excluding carboxylic acids is 2. The molecule has 136 valence electrons. The van der Waals surface area contributed by atoms with Crippen LogP contribution in [0.15, 0.2) is 30.3 Å². The minimum absolute atomic E-state index is 0.151. The van der Waals surface area contributed by atoms with E-state index >= 15 is 0 Å². The van der Waals surface area contributed by atoms with Gasteiger partial charge >= 0.3 is 11.9 Å². The molecule has 0 aliphatic carbocycles. The maximum atomic E-state index is 12.5. The van der Waals surface area contributed by atoms with E-state index in [1.807, 2.05) is 43.3 Å². The van der Waals surface area contributed by atoms with Crippen molar-refractivity contribution in [3.05, 3.63) is 51.9 Å². The van der Waals surface area contributed by atoms with Crippen molar-refractivity contribution >= 4 is 28.3 Å². The molecule has 1 aromatic heterocycles. The smallest absolute Gasteiger partial charge is 0.348 e. The number of ether oxygens (including phenoxy) is 2. The highest BCUT2D eigenvalue weighted by molar-refractivity contribution is 7.18. The molecule has 1 heterocycles. The van der Waals surface area contributed by atoms with Gasteiger partial charge in [0.25, 0.3) is 0 Å². The zero-order valence-electron chi connectivity index (χ0n) is 14.7. The predicted octanol–water partition coefficient (Wildman–Crippen LogP) is 3.62. The number of hydrogen-bond acceptors (Lipinski definition) is 7. The van der Waals surface area contributed by atoms with Gasteiger partial charge in [0.05, 0.1) is 18.1 Å². The maximum Gasteiger partial charge on any atom is 0.348 e. The van der Waals surface area contributed by atoms with Crippen LogP contribution in [-0.2, 0) is 20.9 Å². The van der Waals surface area contributed by atoms with Crippen molar-refractivity contribution in [2.45, 2.75) is 32.8 Å². The van der Waals surface area contributed by atoms with Crippen LogP contribution in [0.25, 0.3) is 0 Å². The first-order valence-corrected chi connectivity index (χ1v) is 9.04. The molecule has 2 aromatic rings. The number of esters is 2.